The molecule has 0 spiro atoms. The van der Waals surface area contributed by atoms with E-state index >= 15 is 0 Å². The van der Waals surface area contributed by atoms with Crippen molar-refractivity contribution in [3.05, 3.63) is 65.2 Å². The summed E-state index contributed by atoms with van der Waals surface area (Å²) in [4.78, 5) is 2.13. The van der Waals surface area contributed by atoms with E-state index in [0.29, 0.717) is 5.92 Å². The van der Waals surface area contributed by atoms with E-state index in [1.807, 2.05) is 0 Å². The molecule has 0 saturated heterocycles. The first-order valence-corrected chi connectivity index (χ1v) is 6.91. The van der Waals surface area contributed by atoms with E-state index in [4.69, 9.17) is 0 Å². The fourth-order valence-corrected chi connectivity index (χ4v) is 2.17. The molecule has 2 aromatic carbocycles. The van der Waals surface area contributed by atoms with Crippen LogP contribution in [0.2, 0.25) is 0 Å². The first kappa shape index (κ1) is 13.7. The van der Waals surface area contributed by atoms with Gasteiger partial charge in [-0.25, -0.2) is 0 Å². The first-order valence-electron chi connectivity index (χ1n) is 6.91. The molecule has 19 heavy (non-hydrogen) atoms. The summed E-state index contributed by atoms with van der Waals surface area (Å²) < 4.78 is 0. The fraction of sp³-hybridized carbons (Fsp3) is 0.333. The van der Waals surface area contributed by atoms with Crippen molar-refractivity contribution in [2.75, 3.05) is 19.0 Å². The molecule has 100 valence electrons. The minimum absolute atomic E-state index is 0.605. The van der Waals surface area contributed by atoms with Crippen LogP contribution < -0.4 is 4.90 Å². The highest BCUT2D eigenvalue weighted by Gasteiger charge is 2.01. The summed E-state index contributed by atoms with van der Waals surface area (Å²) in [6, 6.07) is 17.8. The quantitative estimate of drug-likeness (QED) is 0.777. The van der Waals surface area contributed by atoms with Gasteiger partial charge in [-0.05, 0) is 41.2 Å². The van der Waals surface area contributed by atoms with Gasteiger partial charge in [0.15, 0.2) is 0 Å². The Balaban J connectivity index is 2.08. The van der Waals surface area contributed by atoms with E-state index in [0.717, 1.165) is 6.42 Å². The van der Waals surface area contributed by atoms with Crippen LogP contribution in [0.4, 0.5) is 5.69 Å². The lowest BCUT2D eigenvalue weighted by Crippen LogP contribution is -2.08. The third kappa shape index (κ3) is 3.60. The van der Waals surface area contributed by atoms with Gasteiger partial charge in [-0.1, -0.05) is 50.2 Å². The van der Waals surface area contributed by atoms with Gasteiger partial charge in [0.2, 0.25) is 0 Å². The van der Waals surface area contributed by atoms with Crippen molar-refractivity contribution in [3.8, 4) is 0 Å². The Bertz CT molecular complexity index is 457. The molecule has 0 heterocycles. The van der Waals surface area contributed by atoms with E-state index in [2.05, 4.69) is 81.4 Å². The summed E-state index contributed by atoms with van der Waals surface area (Å²) in [7, 11) is 4.14. The molecule has 1 nitrogen and oxygen atoms in total. The standard InChI is InChI=1S/C18H23N/c1-14(2)17-9-5-15(6-10-17)13-16-7-11-18(12-8-16)19(3)4/h5-12,14H,13H2,1-4H3. The summed E-state index contributed by atoms with van der Waals surface area (Å²) >= 11 is 0. The van der Waals surface area contributed by atoms with Crippen LogP contribution in [-0.2, 0) is 6.42 Å². The van der Waals surface area contributed by atoms with Gasteiger partial charge in [-0.3, -0.25) is 0 Å². The molecular weight excluding hydrogens is 230 g/mol. The normalized spacial score (nSPS) is 10.8. The van der Waals surface area contributed by atoms with E-state index in [1.54, 1.807) is 0 Å². The third-order valence-corrected chi connectivity index (χ3v) is 3.51. The molecule has 0 amide bonds. The second kappa shape index (κ2) is 5.92. The Morgan fingerprint density at radius 2 is 1.26 bits per heavy atom. The summed E-state index contributed by atoms with van der Waals surface area (Å²) in [5.41, 5.74) is 5.40. The van der Waals surface area contributed by atoms with Crippen molar-refractivity contribution in [1.82, 2.24) is 0 Å². The largest absolute Gasteiger partial charge is 0.378 e. The van der Waals surface area contributed by atoms with Gasteiger partial charge in [0.1, 0.15) is 0 Å². The number of nitrogens with zero attached hydrogens (tertiary/aromatic N) is 1. The van der Waals surface area contributed by atoms with Crippen molar-refractivity contribution >= 4 is 5.69 Å². The average molecular weight is 253 g/mol. The molecule has 0 aromatic heterocycles. The molecule has 2 aromatic rings. The van der Waals surface area contributed by atoms with Gasteiger partial charge in [-0.2, -0.15) is 0 Å². The zero-order chi connectivity index (χ0) is 13.8. The molecule has 0 unspecified atom stereocenters. The molecule has 0 aliphatic rings. The summed E-state index contributed by atoms with van der Waals surface area (Å²) in [5, 5.41) is 0. The van der Waals surface area contributed by atoms with Crippen LogP contribution in [-0.4, -0.2) is 14.1 Å². The van der Waals surface area contributed by atoms with Gasteiger partial charge in [-0.15, -0.1) is 0 Å². The molecule has 0 aliphatic carbocycles. The van der Waals surface area contributed by atoms with Crippen LogP contribution >= 0.6 is 0 Å². The molecular formula is C18H23N. The molecule has 1 heteroatoms. The Kier molecular flexibility index (Phi) is 4.26. The van der Waals surface area contributed by atoms with E-state index in [-0.39, 0.29) is 0 Å². The predicted octanol–water partition coefficient (Wildman–Crippen LogP) is 4.47. The van der Waals surface area contributed by atoms with Crippen LogP contribution in [0.5, 0.6) is 0 Å². The van der Waals surface area contributed by atoms with Crippen LogP contribution in [0.25, 0.3) is 0 Å². The summed E-state index contributed by atoms with van der Waals surface area (Å²) in [6.07, 6.45) is 1.01. The number of anilines is 1. The maximum Gasteiger partial charge on any atom is 0.0361 e. The second-order valence-corrected chi connectivity index (χ2v) is 5.63. The smallest absolute Gasteiger partial charge is 0.0361 e. The number of rotatable bonds is 4. The minimum Gasteiger partial charge on any atom is -0.378 e. The van der Waals surface area contributed by atoms with Crippen molar-refractivity contribution in [2.45, 2.75) is 26.2 Å². The van der Waals surface area contributed by atoms with Gasteiger partial charge in [0.25, 0.3) is 0 Å². The molecule has 0 saturated carbocycles. The molecule has 0 atom stereocenters. The van der Waals surface area contributed by atoms with Crippen LogP contribution in [0, 0.1) is 0 Å². The number of hydrogen-bond acceptors (Lipinski definition) is 1. The first-order chi connectivity index (χ1) is 9.06. The second-order valence-electron chi connectivity index (χ2n) is 5.63. The molecule has 0 N–H and O–H groups in total. The Morgan fingerprint density at radius 1 is 0.789 bits per heavy atom. The van der Waals surface area contributed by atoms with E-state index in [1.165, 1.54) is 22.4 Å². The fourth-order valence-electron chi connectivity index (χ4n) is 2.17. The molecule has 0 fully saturated rings. The van der Waals surface area contributed by atoms with Gasteiger partial charge in [0.05, 0.1) is 0 Å². The van der Waals surface area contributed by atoms with Gasteiger partial charge in [0, 0.05) is 19.8 Å². The Hall–Kier alpha value is -1.76. The third-order valence-electron chi connectivity index (χ3n) is 3.51. The number of benzene rings is 2. The SMILES string of the molecule is CC(C)c1ccc(Cc2ccc(N(C)C)cc2)cc1. The van der Waals surface area contributed by atoms with Crippen LogP contribution in [0.1, 0.15) is 36.5 Å². The highest BCUT2D eigenvalue weighted by atomic mass is 15.1. The lowest BCUT2D eigenvalue weighted by atomic mass is 9.99. The Labute approximate surface area is 116 Å². The molecule has 0 aliphatic heterocycles. The van der Waals surface area contributed by atoms with Crippen molar-refractivity contribution in [1.29, 1.82) is 0 Å². The van der Waals surface area contributed by atoms with E-state index < -0.39 is 0 Å². The predicted molar refractivity (Wildman–Crippen MR) is 84.1 cm³/mol. The lowest BCUT2D eigenvalue weighted by Gasteiger charge is -2.13. The van der Waals surface area contributed by atoms with Crippen LogP contribution in [0.15, 0.2) is 48.5 Å². The molecule has 2 rings (SSSR count). The van der Waals surface area contributed by atoms with Crippen molar-refractivity contribution < 1.29 is 0 Å². The monoisotopic (exact) mass is 253 g/mol. The van der Waals surface area contributed by atoms with Gasteiger partial charge < -0.3 is 4.90 Å². The number of hydrogen-bond donors (Lipinski definition) is 0. The maximum absolute atomic E-state index is 2.25. The van der Waals surface area contributed by atoms with E-state index in [9.17, 15) is 0 Å². The highest BCUT2D eigenvalue weighted by Crippen LogP contribution is 2.18. The van der Waals surface area contributed by atoms with Crippen molar-refractivity contribution in [3.63, 3.8) is 0 Å². The Morgan fingerprint density at radius 3 is 1.68 bits per heavy atom. The minimum atomic E-state index is 0.605. The maximum atomic E-state index is 2.25. The van der Waals surface area contributed by atoms with Crippen molar-refractivity contribution in [2.24, 2.45) is 0 Å². The zero-order valence-electron chi connectivity index (χ0n) is 12.4. The molecule has 0 bridgehead atoms. The summed E-state index contributed by atoms with van der Waals surface area (Å²) in [5.74, 6) is 0.605. The summed E-state index contributed by atoms with van der Waals surface area (Å²) in [6.45, 7) is 4.46. The highest BCUT2D eigenvalue weighted by molar-refractivity contribution is 5.46. The average Bonchev–Trinajstić information content (AvgIpc) is 2.40. The van der Waals surface area contributed by atoms with Gasteiger partial charge >= 0.3 is 0 Å². The van der Waals surface area contributed by atoms with Crippen LogP contribution in [0.3, 0.4) is 0 Å². The lowest BCUT2D eigenvalue weighted by molar-refractivity contribution is 0.865. The zero-order valence-corrected chi connectivity index (χ0v) is 12.4. The molecule has 0 radical (unpaired) electrons. The topological polar surface area (TPSA) is 3.24 Å².